The molecule has 0 bridgehead atoms. The van der Waals surface area contributed by atoms with Gasteiger partial charge in [0, 0.05) is 23.3 Å². The Kier molecular flexibility index (Phi) is 4.69. The average Bonchev–Trinajstić information content (AvgIpc) is 2.71. The van der Waals surface area contributed by atoms with Crippen LogP contribution >= 0.6 is 0 Å². The second-order valence-corrected chi connectivity index (χ2v) is 14.0. The van der Waals surface area contributed by atoms with E-state index in [1.165, 1.54) is 12.0 Å². The van der Waals surface area contributed by atoms with Gasteiger partial charge in [0.2, 0.25) is 0 Å². The fraction of sp³-hybridized carbons (Fsp3) is 0.767. The molecule has 0 amide bonds. The van der Waals surface area contributed by atoms with Crippen LogP contribution in [0.25, 0.3) is 0 Å². The van der Waals surface area contributed by atoms with Crippen LogP contribution in [0.2, 0.25) is 0 Å². The van der Waals surface area contributed by atoms with Crippen molar-refractivity contribution in [3.05, 3.63) is 23.3 Å². The van der Waals surface area contributed by atoms with Crippen LogP contribution in [0.15, 0.2) is 23.3 Å². The highest BCUT2D eigenvalue weighted by Gasteiger charge is 2.66. The van der Waals surface area contributed by atoms with Gasteiger partial charge < -0.3 is 0 Å². The lowest BCUT2D eigenvalue weighted by Gasteiger charge is -2.68. The first-order valence-corrected chi connectivity index (χ1v) is 13.1. The van der Waals surface area contributed by atoms with Gasteiger partial charge in [0.05, 0.1) is 11.5 Å². The third-order valence-electron chi connectivity index (χ3n) is 11.7. The number of nitrogens with zero attached hydrogens (tertiary/aromatic N) is 1. The summed E-state index contributed by atoms with van der Waals surface area (Å²) in [4.78, 5) is 26.5. The van der Waals surface area contributed by atoms with Crippen LogP contribution < -0.4 is 0 Å². The van der Waals surface area contributed by atoms with E-state index >= 15 is 0 Å². The summed E-state index contributed by atoms with van der Waals surface area (Å²) in [5.41, 5.74) is 1.69. The third kappa shape index (κ3) is 2.73. The smallest absolute Gasteiger partial charge is 0.149 e. The Morgan fingerprint density at radius 1 is 1.00 bits per heavy atom. The van der Waals surface area contributed by atoms with E-state index in [1.54, 1.807) is 0 Å². The Labute approximate surface area is 200 Å². The fourth-order valence-corrected chi connectivity index (χ4v) is 9.75. The molecule has 33 heavy (non-hydrogen) atoms. The molecule has 0 aromatic carbocycles. The monoisotopic (exact) mass is 447 g/mol. The van der Waals surface area contributed by atoms with Gasteiger partial charge in [0.1, 0.15) is 11.6 Å². The van der Waals surface area contributed by atoms with Crippen molar-refractivity contribution in [2.45, 2.75) is 93.4 Å². The minimum atomic E-state index is -0.841. The van der Waals surface area contributed by atoms with E-state index in [9.17, 15) is 14.9 Å². The first-order valence-electron chi connectivity index (χ1n) is 13.1. The lowest BCUT2D eigenvalue weighted by molar-refractivity contribution is -0.164. The van der Waals surface area contributed by atoms with Gasteiger partial charge in [0.25, 0.3) is 0 Å². The zero-order valence-electron chi connectivity index (χ0n) is 21.7. The van der Waals surface area contributed by atoms with E-state index < -0.39 is 5.41 Å². The van der Waals surface area contributed by atoms with Gasteiger partial charge in [-0.1, -0.05) is 52.3 Å². The van der Waals surface area contributed by atoms with E-state index in [2.05, 4.69) is 52.8 Å². The minimum Gasteiger partial charge on any atom is -0.299 e. The number of Topliss-reactive ketones (excluding diaryl/α,β-unsaturated/α-hetero) is 2. The quantitative estimate of drug-likeness (QED) is 0.302. The molecule has 5 rings (SSSR count). The topological polar surface area (TPSA) is 57.9 Å². The van der Waals surface area contributed by atoms with Gasteiger partial charge >= 0.3 is 0 Å². The SMILES string of the molecule is CC1(C)C(=O)C[C@@H]2CC[C@]3(C)[C@H](CC=C4[C@@]5(C)C=C(C#N)CC(C)(C)[C@H]5CC[C@]43C)[C@H]2C1=O. The summed E-state index contributed by atoms with van der Waals surface area (Å²) in [5, 5.41) is 9.85. The van der Waals surface area contributed by atoms with Crippen LogP contribution in [-0.4, -0.2) is 11.6 Å². The van der Waals surface area contributed by atoms with E-state index in [4.69, 9.17) is 0 Å². The van der Waals surface area contributed by atoms with Gasteiger partial charge in [-0.3, -0.25) is 9.59 Å². The molecule has 0 spiro atoms. The van der Waals surface area contributed by atoms with Gasteiger partial charge in [0.15, 0.2) is 0 Å². The lowest BCUT2D eigenvalue weighted by atomic mass is 9.36. The highest BCUT2D eigenvalue weighted by molar-refractivity contribution is 6.09. The van der Waals surface area contributed by atoms with Crippen LogP contribution in [0, 0.1) is 62.1 Å². The van der Waals surface area contributed by atoms with Gasteiger partial charge in [-0.25, -0.2) is 0 Å². The van der Waals surface area contributed by atoms with Crippen LogP contribution in [-0.2, 0) is 9.59 Å². The molecule has 178 valence electrons. The second-order valence-electron chi connectivity index (χ2n) is 14.0. The number of carbonyl (C=O) groups excluding carboxylic acids is 2. The summed E-state index contributed by atoms with van der Waals surface area (Å²) >= 11 is 0. The highest BCUT2D eigenvalue weighted by atomic mass is 16.2. The Hall–Kier alpha value is -1.69. The standard InChI is InChI=1S/C30H41NO2/c1-26(2)15-18(17-31)16-28(5)21(26)11-13-30(7)22(28)9-8-20-24-19(10-12-29(20,30)6)14-23(32)27(3,4)25(24)33/h9,16,19-21,24H,8,10-15H2,1-7H3/t19-,20+,21+,24-,28-,29+,30+/m0/s1. The number of carbonyl (C=O) groups is 2. The molecule has 0 radical (unpaired) electrons. The van der Waals surface area contributed by atoms with Crippen LogP contribution in [0.5, 0.6) is 0 Å². The maximum Gasteiger partial charge on any atom is 0.149 e. The maximum absolute atomic E-state index is 13.7. The molecule has 0 aromatic heterocycles. The average molecular weight is 448 g/mol. The maximum atomic E-state index is 13.7. The minimum absolute atomic E-state index is 0.00427. The summed E-state index contributed by atoms with van der Waals surface area (Å²) in [6.07, 6.45) is 11.6. The van der Waals surface area contributed by atoms with Crippen molar-refractivity contribution in [1.29, 1.82) is 5.26 Å². The van der Waals surface area contributed by atoms with Crippen molar-refractivity contribution in [3.63, 3.8) is 0 Å². The summed E-state index contributed by atoms with van der Waals surface area (Å²) in [6, 6.07) is 2.51. The van der Waals surface area contributed by atoms with Gasteiger partial charge in [-0.15, -0.1) is 0 Å². The zero-order valence-corrected chi connectivity index (χ0v) is 21.7. The van der Waals surface area contributed by atoms with Crippen molar-refractivity contribution in [3.8, 4) is 6.07 Å². The predicted molar refractivity (Wildman–Crippen MR) is 130 cm³/mol. The van der Waals surface area contributed by atoms with Gasteiger partial charge in [-0.2, -0.15) is 5.26 Å². The number of allylic oxidation sites excluding steroid dienone is 4. The van der Waals surface area contributed by atoms with Crippen molar-refractivity contribution in [1.82, 2.24) is 0 Å². The normalized spacial score (nSPS) is 47.7. The Morgan fingerprint density at radius 3 is 2.36 bits per heavy atom. The molecule has 0 aromatic rings. The molecule has 3 fully saturated rings. The van der Waals surface area contributed by atoms with Crippen molar-refractivity contribution >= 4 is 11.6 Å². The number of ketones is 2. The van der Waals surface area contributed by atoms with Crippen LogP contribution in [0.3, 0.4) is 0 Å². The molecule has 0 N–H and O–H groups in total. The highest BCUT2D eigenvalue weighted by Crippen LogP contribution is 2.73. The van der Waals surface area contributed by atoms with Crippen molar-refractivity contribution < 1.29 is 9.59 Å². The largest absolute Gasteiger partial charge is 0.299 e. The first-order chi connectivity index (χ1) is 15.2. The van der Waals surface area contributed by atoms with Crippen molar-refractivity contribution in [2.75, 3.05) is 0 Å². The third-order valence-corrected chi connectivity index (χ3v) is 11.7. The zero-order chi connectivity index (χ0) is 24.2. The number of fused-ring (bicyclic) bond motifs is 7. The van der Waals surface area contributed by atoms with Crippen LogP contribution in [0.4, 0.5) is 0 Å². The molecular weight excluding hydrogens is 406 g/mol. The molecule has 5 aliphatic carbocycles. The Balaban J connectivity index is 1.63. The molecule has 3 nitrogen and oxygen atoms in total. The number of hydrogen-bond acceptors (Lipinski definition) is 3. The van der Waals surface area contributed by atoms with E-state index in [0.29, 0.717) is 18.3 Å². The van der Waals surface area contributed by atoms with E-state index in [-0.39, 0.29) is 45.1 Å². The molecule has 0 unspecified atom stereocenters. The second kappa shape index (κ2) is 6.71. The first kappa shape index (κ1) is 23.1. The molecule has 0 aliphatic heterocycles. The molecule has 0 saturated heterocycles. The molecule has 0 heterocycles. The summed E-state index contributed by atoms with van der Waals surface area (Å²) in [6.45, 7) is 15.7. The molecular formula is C30H41NO2. The molecule has 3 heteroatoms. The number of nitriles is 1. The van der Waals surface area contributed by atoms with Crippen LogP contribution in [0.1, 0.15) is 93.4 Å². The molecule has 5 aliphatic rings. The summed E-state index contributed by atoms with van der Waals surface area (Å²) in [5.74, 6) is 1.41. The fourth-order valence-electron chi connectivity index (χ4n) is 9.75. The molecule has 3 saturated carbocycles. The van der Waals surface area contributed by atoms with E-state index in [1.807, 2.05) is 13.8 Å². The van der Waals surface area contributed by atoms with Gasteiger partial charge in [-0.05, 0) is 86.4 Å². The lowest BCUT2D eigenvalue weighted by Crippen LogP contribution is -2.62. The Bertz CT molecular complexity index is 1040. The predicted octanol–water partition coefficient (Wildman–Crippen LogP) is 6.84. The summed E-state index contributed by atoms with van der Waals surface area (Å²) < 4.78 is 0. The van der Waals surface area contributed by atoms with E-state index in [0.717, 1.165) is 37.7 Å². The van der Waals surface area contributed by atoms with Crippen molar-refractivity contribution in [2.24, 2.45) is 50.7 Å². The molecule has 7 atom stereocenters. The Morgan fingerprint density at radius 2 is 1.70 bits per heavy atom. The number of rotatable bonds is 0. The summed E-state index contributed by atoms with van der Waals surface area (Å²) in [7, 11) is 0. The number of hydrogen-bond donors (Lipinski definition) is 0.